The van der Waals surface area contributed by atoms with E-state index < -0.39 is 0 Å². The largest absolute Gasteiger partial charge is 0.486 e. The molecule has 0 atom stereocenters. The third kappa shape index (κ3) is 2.54. The number of aryl methyl sites for hydroxylation is 2. The van der Waals surface area contributed by atoms with E-state index in [4.69, 9.17) is 9.47 Å². The number of halogens is 1. The molecule has 1 aliphatic rings. The molecule has 0 radical (unpaired) electrons. The minimum absolute atomic E-state index is 0.628. The van der Waals surface area contributed by atoms with Crippen LogP contribution in [0.15, 0.2) is 22.8 Å². The molecule has 2 heterocycles. The van der Waals surface area contributed by atoms with Crippen molar-refractivity contribution in [2.75, 3.05) is 13.2 Å². The summed E-state index contributed by atoms with van der Waals surface area (Å²) in [6, 6.07) is 6.17. The quantitative estimate of drug-likeness (QED) is 0.864. The smallest absolute Gasteiger partial charge is 0.161 e. The van der Waals surface area contributed by atoms with Crippen LogP contribution in [0.4, 0.5) is 0 Å². The van der Waals surface area contributed by atoms with E-state index in [1.165, 1.54) is 11.3 Å². The first-order valence-electron chi connectivity index (χ1n) is 6.71. The molecule has 2 aromatic rings. The van der Waals surface area contributed by atoms with Gasteiger partial charge in [-0.15, -0.1) is 0 Å². The van der Waals surface area contributed by atoms with Gasteiger partial charge in [0.1, 0.15) is 23.6 Å². The lowest BCUT2D eigenvalue weighted by atomic mass is 10.1. The van der Waals surface area contributed by atoms with Gasteiger partial charge < -0.3 is 14.0 Å². The Morgan fingerprint density at radius 3 is 2.65 bits per heavy atom. The molecule has 1 aromatic heterocycles. The van der Waals surface area contributed by atoms with Crippen LogP contribution in [-0.2, 0) is 19.9 Å². The molecule has 0 saturated carbocycles. The predicted molar refractivity (Wildman–Crippen MR) is 80.5 cm³/mol. The molecule has 0 bridgehead atoms. The molecule has 1 aliphatic heterocycles. The van der Waals surface area contributed by atoms with E-state index >= 15 is 0 Å². The molecule has 0 unspecified atom stereocenters. The van der Waals surface area contributed by atoms with Crippen molar-refractivity contribution >= 4 is 15.9 Å². The Balaban J connectivity index is 1.75. The zero-order chi connectivity index (χ0) is 14.1. The van der Waals surface area contributed by atoms with E-state index in [0.29, 0.717) is 13.2 Å². The number of aromatic nitrogens is 2. The number of hydrogen-bond donors (Lipinski definition) is 0. The van der Waals surface area contributed by atoms with Crippen LogP contribution in [0.3, 0.4) is 0 Å². The third-order valence-electron chi connectivity index (χ3n) is 3.65. The van der Waals surface area contributed by atoms with Gasteiger partial charge in [-0.2, -0.15) is 0 Å². The van der Waals surface area contributed by atoms with Crippen LogP contribution in [-0.4, -0.2) is 22.8 Å². The predicted octanol–water partition coefficient (Wildman–Crippen LogP) is 3.05. The van der Waals surface area contributed by atoms with E-state index in [0.717, 1.165) is 34.8 Å². The molecule has 20 heavy (non-hydrogen) atoms. The van der Waals surface area contributed by atoms with Crippen molar-refractivity contribution in [1.29, 1.82) is 0 Å². The molecule has 4 nitrogen and oxygen atoms in total. The van der Waals surface area contributed by atoms with Gasteiger partial charge in [-0.1, -0.05) is 6.07 Å². The Hall–Kier alpha value is -1.49. The highest BCUT2D eigenvalue weighted by atomic mass is 79.9. The summed E-state index contributed by atoms with van der Waals surface area (Å²) in [4.78, 5) is 4.43. The number of rotatable bonds is 3. The maximum absolute atomic E-state index is 5.62. The number of benzene rings is 1. The van der Waals surface area contributed by atoms with Crippen LogP contribution in [0.25, 0.3) is 0 Å². The van der Waals surface area contributed by atoms with Gasteiger partial charge in [0.15, 0.2) is 11.5 Å². The van der Waals surface area contributed by atoms with Crippen molar-refractivity contribution in [2.24, 2.45) is 7.05 Å². The normalized spacial score (nSPS) is 13.6. The van der Waals surface area contributed by atoms with Crippen LogP contribution in [0, 0.1) is 6.92 Å². The second-order valence-electron chi connectivity index (χ2n) is 4.93. The van der Waals surface area contributed by atoms with Crippen LogP contribution in [0.5, 0.6) is 11.5 Å². The van der Waals surface area contributed by atoms with Crippen LogP contribution < -0.4 is 9.47 Å². The number of hydrogen-bond acceptors (Lipinski definition) is 3. The van der Waals surface area contributed by atoms with Crippen molar-refractivity contribution in [3.05, 3.63) is 39.9 Å². The van der Waals surface area contributed by atoms with Gasteiger partial charge in [0.25, 0.3) is 0 Å². The third-order valence-corrected chi connectivity index (χ3v) is 4.28. The van der Waals surface area contributed by atoms with Crippen molar-refractivity contribution in [3.63, 3.8) is 0 Å². The van der Waals surface area contributed by atoms with Gasteiger partial charge in [0.05, 0.1) is 5.69 Å². The summed E-state index contributed by atoms with van der Waals surface area (Å²) in [5, 5.41) is 0. The molecule has 0 spiro atoms. The fourth-order valence-electron chi connectivity index (χ4n) is 2.39. The van der Waals surface area contributed by atoms with Crippen LogP contribution >= 0.6 is 15.9 Å². The molecule has 1 aromatic carbocycles. The summed E-state index contributed by atoms with van der Waals surface area (Å²) in [6.07, 6.45) is 1.89. The Morgan fingerprint density at radius 2 is 1.95 bits per heavy atom. The zero-order valence-electron chi connectivity index (χ0n) is 11.6. The fraction of sp³-hybridized carbons (Fsp3) is 0.400. The minimum Gasteiger partial charge on any atom is -0.486 e. The molecule has 5 heteroatoms. The second-order valence-corrected chi connectivity index (χ2v) is 5.68. The van der Waals surface area contributed by atoms with E-state index in [1.807, 2.05) is 20.0 Å². The van der Waals surface area contributed by atoms with Crippen molar-refractivity contribution < 1.29 is 9.47 Å². The maximum atomic E-state index is 5.62. The average molecular weight is 337 g/mol. The van der Waals surface area contributed by atoms with Crippen molar-refractivity contribution in [1.82, 2.24) is 9.55 Å². The lowest BCUT2D eigenvalue weighted by Crippen LogP contribution is -2.15. The summed E-state index contributed by atoms with van der Waals surface area (Å²) in [5.74, 6) is 2.72. The highest BCUT2D eigenvalue weighted by Crippen LogP contribution is 2.31. The van der Waals surface area contributed by atoms with Gasteiger partial charge >= 0.3 is 0 Å². The van der Waals surface area contributed by atoms with E-state index in [9.17, 15) is 0 Å². The molecule has 0 amide bonds. The lowest BCUT2D eigenvalue weighted by molar-refractivity contribution is 0.171. The second kappa shape index (κ2) is 5.48. The average Bonchev–Trinajstić information content (AvgIpc) is 2.70. The molecule has 0 aliphatic carbocycles. The fourth-order valence-corrected chi connectivity index (χ4v) is 3.11. The van der Waals surface area contributed by atoms with Gasteiger partial charge in [0.2, 0.25) is 0 Å². The molecule has 0 saturated heterocycles. The highest BCUT2D eigenvalue weighted by Gasteiger charge is 2.13. The van der Waals surface area contributed by atoms with E-state index in [2.05, 4.69) is 37.6 Å². The molecule has 106 valence electrons. The monoisotopic (exact) mass is 336 g/mol. The summed E-state index contributed by atoms with van der Waals surface area (Å²) in [5.41, 5.74) is 2.47. The van der Waals surface area contributed by atoms with Crippen LogP contribution in [0.2, 0.25) is 0 Å². The van der Waals surface area contributed by atoms with Gasteiger partial charge in [0, 0.05) is 7.05 Å². The topological polar surface area (TPSA) is 36.3 Å². The number of imidazole rings is 1. The summed E-state index contributed by atoms with van der Waals surface area (Å²) >= 11 is 3.52. The molecular formula is C15H17BrN2O2. The Kier molecular flexibility index (Phi) is 3.70. The first kappa shape index (κ1) is 13.5. The first-order valence-corrected chi connectivity index (χ1v) is 7.50. The van der Waals surface area contributed by atoms with Crippen LogP contribution in [0.1, 0.15) is 17.1 Å². The summed E-state index contributed by atoms with van der Waals surface area (Å²) in [6.45, 7) is 3.27. The molecule has 0 N–H and O–H groups in total. The Morgan fingerprint density at radius 1 is 1.20 bits per heavy atom. The highest BCUT2D eigenvalue weighted by molar-refractivity contribution is 9.10. The zero-order valence-corrected chi connectivity index (χ0v) is 13.2. The van der Waals surface area contributed by atoms with Gasteiger partial charge in [-0.25, -0.2) is 4.98 Å². The molecular weight excluding hydrogens is 320 g/mol. The summed E-state index contributed by atoms with van der Waals surface area (Å²) < 4.78 is 14.2. The minimum atomic E-state index is 0.628. The molecule has 3 rings (SSSR count). The molecule has 0 fully saturated rings. The Labute approximate surface area is 126 Å². The van der Waals surface area contributed by atoms with E-state index in [-0.39, 0.29) is 0 Å². The Bertz CT molecular complexity index is 637. The number of nitrogens with zero attached hydrogens (tertiary/aromatic N) is 2. The number of ether oxygens (including phenoxy) is 2. The number of fused-ring (bicyclic) bond motifs is 1. The SMILES string of the molecule is Cc1nc(Br)c(CCc2ccc3c(c2)OCCO3)n1C. The van der Waals surface area contributed by atoms with Gasteiger partial charge in [-0.05, 0) is 53.4 Å². The standard InChI is InChI=1S/C15H17BrN2O2/c1-10-17-15(16)12(18(10)2)5-3-11-4-6-13-14(9-11)20-8-7-19-13/h4,6,9H,3,5,7-8H2,1-2H3. The van der Waals surface area contributed by atoms with Gasteiger partial charge in [-0.3, -0.25) is 0 Å². The maximum Gasteiger partial charge on any atom is 0.161 e. The summed E-state index contributed by atoms with van der Waals surface area (Å²) in [7, 11) is 2.05. The lowest BCUT2D eigenvalue weighted by Gasteiger charge is -2.18. The van der Waals surface area contributed by atoms with E-state index in [1.54, 1.807) is 0 Å². The first-order chi connectivity index (χ1) is 9.65. The van der Waals surface area contributed by atoms with Crippen molar-refractivity contribution in [2.45, 2.75) is 19.8 Å². The van der Waals surface area contributed by atoms with Crippen molar-refractivity contribution in [3.8, 4) is 11.5 Å².